The molecule has 0 aliphatic heterocycles. The van der Waals surface area contributed by atoms with Crippen molar-refractivity contribution in [1.82, 2.24) is 10.3 Å². The van der Waals surface area contributed by atoms with Crippen molar-refractivity contribution in [3.8, 4) is 0 Å². The summed E-state index contributed by atoms with van der Waals surface area (Å²) in [7, 11) is 2.01. The Bertz CT molecular complexity index is 285. The summed E-state index contributed by atoms with van der Waals surface area (Å²) >= 11 is 0. The quantitative estimate of drug-likeness (QED) is 0.781. The lowest BCUT2D eigenvalue weighted by molar-refractivity contribution is 0.515. The summed E-state index contributed by atoms with van der Waals surface area (Å²) < 4.78 is 5.42. The van der Waals surface area contributed by atoms with E-state index in [4.69, 9.17) is 4.42 Å². The van der Waals surface area contributed by atoms with Crippen molar-refractivity contribution < 1.29 is 4.42 Å². The van der Waals surface area contributed by atoms with Crippen LogP contribution in [0.3, 0.4) is 0 Å². The molecule has 0 amide bonds. The number of rotatable bonds is 6. The van der Waals surface area contributed by atoms with E-state index < -0.39 is 0 Å². The van der Waals surface area contributed by atoms with Crippen LogP contribution >= 0.6 is 0 Å². The largest absolute Gasteiger partial charge is 0.432 e. The smallest absolute Gasteiger partial charge is 0.297 e. The first-order valence-electron chi connectivity index (χ1n) is 5.57. The van der Waals surface area contributed by atoms with E-state index in [0.29, 0.717) is 12.1 Å². The van der Waals surface area contributed by atoms with Gasteiger partial charge in [-0.1, -0.05) is 13.8 Å². The third-order valence-corrected chi connectivity index (χ3v) is 2.65. The number of aromatic nitrogens is 1. The summed E-state index contributed by atoms with van der Waals surface area (Å²) in [6.07, 6.45) is 2.80. The number of nitrogens with one attached hydrogen (secondary N) is 1. The maximum absolute atomic E-state index is 5.42. The van der Waals surface area contributed by atoms with E-state index in [1.165, 1.54) is 0 Å². The van der Waals surface area contributed by atoms with E-state index in [1.807, 2.05) is 7.05 Å². The minimum atomic E-state index is 0.454. The van der Waals surface area contributed by atoms with Gasteiger partial charge in [0.1, 0.15) is 6.26 Å². The Labute approximate surface area is 91.7 Å². The summed E-state index contributed by atoms with van der Waals surface area (Å²) in [5, 5.41) is 3.22. The second-order valence-corrected chi connectivity index (χ2v) is 3.77. The first-order valence-corrected chi connectivity index (χ1v) is 5.57. The van der Waals surface area contributed by atoms with E-state index in [0.717, 1.165) is 25.2 Å². The normalized spacial score (nSPS) is 12.8. The molecule has 0 spiro atoms. The van der Waals surface area contributed by atoms with Crippen LogP contribution in [0.5, 0.6) is 0 Å². The summed E-state index contributed by atoms with van der Waals surface area (Å²) in [5.41, 5.74) is 0.960. The molecule has 1 heterocycles. The van der Waals surface area contributed by atoms with Gasteiger partial charge in [0.05, 0.1) is 5.69 Å². The Kier molecular flexibility index (Phi) is 4.62. The lowest BCUT2D eigenvalue weighted by Gasteiger charge is -2.21. The molecule has 1 unspecified atom stereocenters. The van der Waals surface area contributed by atoms with Gasteiger partial charge in [-0.15, -0.1) is 0 Å². The minimum absolute atomic E-state index is 0.454. The van der Waals surface area contributed by atoms with Crippen LogP contribution in [-0.4, -0.2) is 24.6 Å². The predicted molar refractivity (Wildman–Crippen MR) is 62.0 cm³/mol. The number of hydrogen-bond acceptors (Lipinski definition) is 4. The zero-order valence-corrected chi connectivity index (χ0v) is 10.1. The number of anilines is 1. The molecule has 1 rings (SSSR count). The lowest BCUT2D eigenvalue weighted by atomic mass is 10.2. The van der Waals surface area contributed by atoms with Crippen molar-refractivity contribution in [2.24, 2.45) is 0 Å². The van der Waals surface area contributed by atoms with Gasteiger partial charge in [-0.25, -0.2) is 0 Å². The average Bonchev–Trinajstić information content (AvgIpc) is 2.72. The van der Waals surface area contributed by atoms with Crippen LogP contribution in [0.1, 0.15) is 32.9 Å². The van der Waals surface area contributed by atoms with Gasteiger partial charge < -0.3 is 14.6 Å². The summed E-state index contributed by atoms with van der Waals surface area (Å²) in [6, 6.07) is 1.16. The molecular formula is C11H21N3O. The molecule has 1 N–H and O–H groups in total. The van der Waals surface area contributed by atoms with Crippen LogP contribution in [0.15, 0.2) is 10.7 Å². The molecule has 4 nitrogen and oxygen atoms in total. The van der Waals surface area contributed by atoms with Crippen molar-refractivity contribution in [2.75, 3.05) is 18.5 Å². The van der Waals surface area contributed by atoms with Crippen LogP contribution in [0.4, 0.5) is 6.01 Å². The number of oxazole rings is 1. The zero-order chi connectivity index (χ0) is 11.3. The van der Waals surface area contributed by atoms with Gasteiger partial charge in [0.25, 0.3) is 6.01 Å². The highest BCUT2D eigenvalue weighted by molar-refractivity contribution is 5.26. The molecule has 0 aromatic carbocycles. The fraction of sp³-hybridized carbons (Fsp3) is 0.727. The monoisotopic (exact) mass is 211 g/mol. The molecular weight excluding hydrogens is 190 g/mol. The lowest BCUT2D eigenvalue weighted by Crippen LogP contribution is -2.28. The van der Waals surface area contributed by atoms with Crippen molar-refractivity contribution in [1.29, 1.82) is 0 Å². The first kappa shape index (κ1) is 12.0. The Morgan fingerprint density at radius 1 is 1.53 bits per heavy atom. The standard InChI is InChI=1S/C11H21N3O/c1-5-9(3)14(4)11-13-10(8-15-11)7-12-6-2/h8-9,12H,5-7H2,1-4H3. The summed E-state index contributed by atoms with van der Waals surface area (Å²) in [6.45, 7) is 8.11. The number of nitrogens with zero attached hydrogens (tertiary/aromatic N) is 2. The maximum atomic E-state index is 5.42. The third kappa shape index (κ3) is 3.23. The van der Waals surface area contributed by atoms with Crippen LogP contribution in [0.2, 0.25) is 0 Å². The van der Waals surface area contributed by atoms with Crippen molar-refractivity contribution >= 4 is 6.01 Å². The van der Waals surface area contributed by atoms with E-state index in [9.17, 15) is 0 Å². The molecule has 15 heavy (non-hydrogen) atoms. The van der Waals surface area contributed by atoms with Crippen LogP contribution in [0.25, 0.3) is 0 Å². The molecule has 4 heteroatoms. The number of hydrogen-bond donors (Lipinski definition) is 1. The zero-order valence-electron chi connectivity index (χ0n) is 10.1. The Morgan fingerprint density at radius 3 is 2.87 bits per heavy atom. The van der Waals surface area contributed by atoms with Gasteiger partial charge >= 0.3 is 0 Å². The summed E-state index contributed by atoms with van der Waals surface area (Å²) in [4.78, 5) is 6.48. The van der Waals surface area contributed by atoms with Gasteiger partial charge in [-0.05, 0) is 19.9 Å². The van der Waals surface area contributed by atoms with Crippen LogP contribution in [0, 0.1) is 0 Å². The van der Waals surface area contributed by atoms with Gasteiger partial charge in [0.15, 0.2) is 0 Å². The Hall–Kier alpha value is -1.03. The average molecular weight is 211 g/mol. The van der Waals surface area contributed by atoms with Crippen LogP contribution in [-0.2, 0) is 6.54 Å². The van der Waals surface area contributed by atoms with Gasteiger partial charge in [-0.3, -0.25) is 0 Å². The van der Waals surface area contributed by atoms with E-state index in [-0.39, 0.29) is 0 Å². The van der Waals surface area contributed by atoms with Crippen molar-refractivity contribution in [3.05, 3.63) is 12.0 Å². The molecule has 0 saturated carbocycles. The Morgan fingerprint density at radius 2 is 2.27 bits per heavy atom. The molecule has 0 fully saturated rings. The van der Waals surface area contributed by atoms with Gasteiger partial charge in [-0.2, -0.15) is 4.98 Å². The topological polar surface area (TPSA) is 41.3 Å². The molecule has 0 radical (unpaired) electrons. The third-order valence-electron chi connectivity index (χ3n) is 2.65. The van der Waals surface area contributed by atoms with Crippen molar-refractivity contribution in [3.63, 3.8) is 0 Å². The van der Waals surface area contributed by atoms with E-state index in [1.54, 1.807) is 6.26 Å². The highest BCUT2D eigenvalue weighted by atomic mass is 16.4. The molecule has 0 aliphatic carbocycles. The van der Waals surface area contributed by atoms with E-state index >= 15 is 0 Å². The summed E-state index contributed by atoms with van der Waals surface area (Å²) in [5.74, 6) is 0. The second-order valence-electron chi connectivity index (χ2n) is 3.77. The molecule has 0 bridgehead atoms. The van der Waals surface area contributed by atoms with Gasteiger partial charge in [0, 0.05) is 19.6 Å². The Balaban J connectivity index is 2.58. The fourth-order valence-electron chi connectivity index (χ4n) is 1.25. The molecule has 0 aliphatic rings. The highest BCUT2D eigenvalue weighted by Crippen LogP contribution is 2.15. The molecule has 0 saturated heterocycles. The van der Waals surface area contributed by atoms with Gasteiger partial charge in [0.2, 0.25) is 0 Å². The minimum Gasteiger partial charge on any atom is -0.432 e. The molecule has 86 valence electrons. The predicted octanol–water partition coefficient (Wildman–Crippen LogP) is 2.02. The molecule has 1 atom stereocenters. The van der Waals surface area contributed by atoms with Crippen molar-refractivity contribution in [2.45, 2.75) is 39.8 Å². The highest BCUT2D eigenvalue weighted by Gasteiger charge is 2.13. The first-order chi connectivity index (χ1) is 7.19. The maximum Gasteiger partial charge on any atom is 0.297 e. The fourth-order valence-corrected chi connectivity index (χ4v) is 1.25. The second kappa shape index (κ2) is 5.75. The van der Waals surface area contributed by atoms with Crippen LogP contribution < -0.4 is 10.2 Å². The van der Waals surface area contributed by atoms with E-state index in [2.05, 4.69) is 36.0 Å². The molecule has 1 aromatic heterocycles. The molecule has 1 aromatic rings. The SMILES string of the molecule is CCNCc1coc(N(C)C(C)CC)n1.